The first-order valence-electron chi connectivity index (χ1n) is 5.08. The SMILES string of the molecule is C=C(CCc1ccccc1)n1cccn1. The summed E-state index contributed by atoms with van der Waals surface area (Å²) in [5, 5.41) is 4.15. The molecule has 15 heavy (non-hydrogen) atoms. The molecule has 2 aromatic rings. The molecule has 0 radical (unpaired) electrons. The van der Waals surface area contributed by atoms with E-state index >= 15 is 0 Å². The fraction of sp³-hybridized carbons (Fsp3) is 0.154. The summed E-state index contributed by atoms with van der Waals surface area (Å²) in [5.41, 5.74) is 2.37. The predicted octanol–water partition coefficient (Wildman–Crippen LogP) is 2.99. The van der Waals surface area contributed by atoms with Gasteiger partial charge in [-0.25, -0.2) is 4.68 Å². The third-order valence-corrected chi connectivity index (χ3v) is 2.37. The van der Waals surface area contributed by atoms with E-state index in [2.05, 4.69) is 35.9 Å². The lowest BCUT2D eigenvalue weighted by Gasteiger charge is -2.05. The van der Waals surface area contributed by atoms with Crippen molar-refractivity contribution in [3.8, 4) is 0 Å². The molecule has 2 heteroatoms. The molecule has 0 unspecified atom stereocenters. The molecular weight excluding hydrogens is 184 g/mol. The molecule has 0 aliphatic rings. The van der Waals surface area contributed by atoms with Crippen LogP contribution in [-0.2, 0) is 6.42 Å². The standard InChI is InChI=1S/C13H14N2/c1-12(15-11-5-10-14-15)8-9-13-6-3-2-4-7-13/h2-7,10-11H,1,8-9H2. The highest BCUT2D eigenvalue weighted by Crippen LogP contribution is 2.10. The largest absolute Gasteiger partial charge is 0.246 e. The summed E-state index contributed by atoms with van der Waals surface area (Å²) in [4.78, 5) is 0. The van der Waals surface area contributed by atoms with Crippen LogP contribution in [0.1, 0.15) is 12.0 Å². The zero-order valence-corrected chi connectivity index (χ0v) is 8.63. The zero-order valence-electron chi connectivity index (χ0n) is 8.63. The quantitative estimate of drug-likeness (QED) is 0.738. The van der Waals surface area contributed by atoms with Crippen LogP contribution in [-0.4, -0.2) is 9.78 Å². The molecule has 76 valence electrons. The van der Waals surface area contributed by atoms with Gasteiger partial charge in [-0.2, -0.15) is 5.10 Å². The van der Waals surface area contributed by atoms with Crippen LogP contribution in [0.3, 0.4) is 0 Å². The molecule has 0 saturated heterocycles. The Hall–Kier alpha value is -1.83. The second kappa shape index (κ2) is 4.60. The van der Waals surface area contributed by atoms with Crippen molar-refractivity contribution in [2.45, 2.75) is 12.8 Å². The lowest BCUT2D eigenvalue weighted by Crippen LogP contribution is -1.97. The van der Waals surface area contributed by atoms with Gasteiger partial charge in [0.2, 0.25) is 0 Å². The molecule has 0 aliphatic carbocycles. The molecule has 0 aliphatic heterocycles. The van der Waals surface area contributed by atoms with Crippen LogP contribution >= 0.6 is 0 Å². The van der Waals surface area contributed by atoms with Gasteiger partial charge < -0.3 is 0 Å². The van der Waals surface area contributed by atoms with E-state index in [0.29, 0.717) is 0 Å². The van der Waals surface area contributed by atoms with E-state index in [9.17, 15) is 0 Å². The number of aromatic nitrogens is 2. The van der Waals surface area contributed by atoms with Gasteiger partial charge in [0.05, 0.1) is 0 Å². The number of rotatable bonds is 4. The fourth-order valence-electron chi connectivity index (χ4n) is 1.50. The van der Waals surface area contributed by atoms with Crippen LogP contribution in [0.5, 0.6) is 0 Å². The number of benzene rings is 1. The molecule has 0 bridgehead atoms. The average Bonchev–Trinajstić information content (AvgIpc) is 2.81. The lowest BCUT2D eigenvalue weighted by molar-refractivity contribution is 0.839. The lowest BCUT2D eigenvalue weighted by atomic mass is 10.1. The van der Waals surface area contributed by atoms with Crippen LogP contribution in [0.25, 0.3) is 5.70 Å². The van der Waals surface area contributed by atoms with Crippen LogP contribution in [0, 0.1) is 0 Å². The zero-order chi connectivity index (χ0) is 10.5. The van der Waals surface area contributed by atoms with E-state index in [1.807, 2.05) is 23.0 Å². The van der Waals surface area contributed by atoms with Gasteiger partial charge in [-0.1, -0.05) is 36.9 Å². The predicted molar refractivity (Wildman–Crippen MR) is 62.3 cm³/mol. The second-order valence-electron chi connectivity index (χ2n) is 3.50. The van der Waals surface area contributed by atoms with Crippen molar-refractivity contribution in [3.05, 3.63) is 60.9 Å². The Labute approximate surface area is 89.9 Å². The van der Waals surface area contributed by atoms with E-state index in [4.69, 9.17) is 0 Å². The molecule has 0 spiro atoms. The topological polar surface area (TPSA) is 17.8 Å². The number of allylic oxidation sites excluding steroid dienone is 1. The molecule has 1 heterocycles. The first-order valence-corrected chi connectivity index (χ1v) is 5.08. The van der Waals surface area contributed by atoms with Crippen LogP contribution in [0.2, 0.25) is 0 Å². The Bertz CT molecular complexity index is 415. The van der Waals surface area contributed by atoms with Crippen molar-refractivity contribution >= 4 is 5.70 Å². The molecule has 1 aromatic carbocycles. The van der Waals surface area contributed by atoms with E-state index in [-0.39, 0.29) is 0 Å². The highest BCUT2D eigenvalue weighted by atomic mass is 15.3. The minimum Gasteiger partial charge on any atom is -0.246 e. The van der Waals surface area contributed by atoms with Crippen molar-refractivity contribution in [1.82, 2.24) is 9.78 Å². The van der Waals surface area contributed by atoms with Gasteiger partial charge in [-0.3, -0.25) is 0 Å². The maximum Gasteiger partial charge on any atom is 0.0493 e. The summed E-state index contributed by atoms with van der Waals surface area (Å²) in [6, 6.07) is 12.3. The van der Waals surface area contributed by atoms with Crippen molar-refractivity contribution < 1.29 is 0 Å². The van der Waals surface area contributed by atoms with E-state index < -0.39 is 0 Å². The number of aryl methyl sites for hydroxylation is 1. The minimum absolute atomic E-state index is 0.936. The molecule has 0 fully saturated rings. The Morgan fingerprint density at radius 3 is 2.67 bits per heavy atom. The third-order valence-electron chi connectivity index (χ3n) is 2.37. The molecule has 0 saturated carbocycles. The summed E-state index contributed by atoms with van der Waals surface area (Å²) in [5.74, 6) is 0. The molecule has 2 rings (SSSR count). The minimum atomic E-state index is 0.936. The third kappa shape index (κ3) is 2.56. The summed E-state index contributed by atoms with van der Waals surface area (Å²) in [7, 11) is 0. The number of hydrogen-bond acceptors (Lipinski definition) is 1. The Balaban J connectivity index is 1.92. The summed E-state index contributed by atoms with van der Waals surface area (Å²) in [6.45, 7) is 4.01. The van der Waals surface area contributed by atoms with Crippen molar-refractivity contribution in [1.29, 1.82) is 0 Å². The smallest absolute Gasteiger partial charge is 0.0493 e. The van der Waals surface area contributed by atoms with Crippen molar-refractivity contribution in [2.24, 2.45) is 0 Å². The van der Waals surface area contributed by atoms with Crippen LogP contribution < -0.4 is 0 Å². The van der Waals surface area contributed by atoms with Crippen LogP contribution in [0.15, 0.2) is 55.4 Å². The average molecular weight is 198 g/mol. The first-order chi connectivity index (χ1) is 7.36. The van der Waals surface area contributed by atoms with Gasteiger partial charge in [-0.05, 0) is 24.5 Å². The summed E-state index contributed by atoms with van der Waals surface area (Å²) >= 11 is 0. The van der Waals surface area contributed by atoms with E-state index in [1.54, 1.807) is 6.20 Å². The van der Waals surface area contributed by atoms with Crippen LogP contribution in [0.4, 0.5) is 0 Å². The van der Waals surface area contributed by atoms with Gasteiger partial charge in [0.15, 0.2) is 0 Å². The molecular formula is C13H14N2. The Morgan fingerprint density at radius 2 is 2.00 bits per heavy atom. The number of hydrogen-bond donors (Lipinski definition) is 0. The van der Waals surface area contributed by atoms with Gasteiger partial charge in [0, 0.05) is 18.1 Å². The first kappa shape index (κ1) is 9.71. The molecule has 2 nitrogen and oxygen atoms in total. The molecule has 0 amide bonds. The van der Waals surface area contributed by atoms with E-state index in [0.717, 1.165) is 18.5 Å². The normalized spacial score (nSPS) is 10.1. The van der Waals surface area contributed by atoms with Gasteiger partial charge in [-0.15, -0.1) is 0 Å². The van der Waals surface area contributed by atoms with Gasteiger partial charge in [0.25, 0.3) is 0 Å². The molecule has 0 N–H and O–H groups in total. The summed E-state index contributed by atoms with van der Waals surface area (Å²) in [6.07, 6.45) is 5.65. The Morgan fingerprint density at radius 1 is 1.20 bits per heavy atom. The van der Waals surface area contributed by atoms with Crippen molar-refractivity contribution in [3.63, 3.8) is 0 Å². The second-order valence-corrected chi connectivity index (χ2v) is 3.50. The Kier molecular flexibility index (Phi) is 2.98. The molecule has 1 aromatic heterocycles. The monoisotopic (exact) mass is 198 g/mol. The van der Waals surface area contributed by atoms with Gasteiger partial charge in [0.1, 0.15) is 0 Å². The maximum absolute atomic E-state index is 4.15. The van der Waals surface area contributed by atoms with Gasteiger partial charge >= 0.3 is 0 Å². The van der Waals surface area contributed by atoms with Crippen molar-refractivity contribution in [2.75, 3.05) is 0 Å². The van der Waals surface area contributed by atoms with E-state index in [1.165, 1.54) is 5.56 Å². The molecule has 0 atom stereocenters. The maximum atomic E-state index is 4.15. The number of nitrogens with zero attached hydrogens (tertiary/aromatic N) is 2. The fourth-order valence-corrected chi connectivity index (χ4v) is 1.50. The highest BCUT2D eigenvalue weighted by molar-refractivity contribution is 5.40. The highest BCUT2D eigenvalue weighted by Gasteiger charge is 1.98. The summed E-state index contributed by atoms with van der Waals surface area (Å²) < 4.78 is 1.82.